The molecule has 0 aliphatic carbocycles. The third kappa shape index (κ3) is 2.98. The molecule has 4 nitrogen and oxygen atoms in total. The van der Waals surface area contributed by atoms with Crippen LogP contribution in [0.3, 0.4) is 0 Å². The van der Waals surface area contributed by atoms with Crippen LogP contribution in [0.4, 0.5) is 4.39 Å². The van der Waals surface area contributed by atoms with Crippen molar-refractivity contribution in [1.82, 2.24) is 4.98 Å². The van der Waals surface area contributed by atoms with Gasteiger partial charge < -0.3 is 15.6 Å². The molecule has 0 saturated carbocycles. The van der Waals surface area contributed by atoms with Crippen LogP contribution in [-0.2, 0) is 0 Å². The van der Waals surface area contributed by atoms with E-state index >= 15 is 0 Å². The number of hydrogen-bond acceptors (Lipinski definition) is 4. The standard InChI is InChI=1S/C14H14BrFN2O2/c1-20-13-5-4-11(12(19)7-17)18-14(13)8-2-3-10(16)9(15)6-8/h2-6,12,19H,7,17H2,1H3. The number of rotatable bonds is 4. The van der Waals surface area contributed by atoms with Crippen molar-refractivity contribution in [3.05, 3.63) is 46.3 Å². The first-order valence-electron chi connectivity index (χ1n) is 5.95. The summed E-state index contributed by atoms with van der Waals surface area (Å²) < 4.78 is 18.9. The molecule has 0 fully saturated rings. The molecule has 2 rings (SSSR count). The van der Waals surface area contributed by atoms with Gasteiger partial charge >= 0.3 is 0 Å². The predicted octanol–water partition coefficient (Wildman–Crippen LogP) is 2.65. The number of hydrogen-bond donors (Lipinski definition) is 2. The first-order valence-corrected chi connectivity index (χ1v) is 6.74. The zero-order valence-electron chi connectivity index (χ0n) is 10.8. The molecule has 1 heterocycles. The van der Waals surface area contributed by atoms with Crippen molar-refractivity contribution in [3.8, 4) is 17.0 Å². The summed E-state index contributed by atoms with van der Waals surface area (Å²) in [4.78, 5) is 4.36. The van der Waals surface area contributed by atoms with E-state index in [0.717, 1.165) is 0 Å². The highest BCUT2D eigenvalue weighted by Gasteiger charge is 2.14. The Morgan fingerprint density at radius 1 is 1.40 bits per heavy atom. The average molecular weight is 341 g/mol. The third-order valence-electron chi connectivity index (χ3n) is 2.86. The molecule has 20 heavy (non-hydrogen) atoms. The van der Waals surface area contributed by atoms with Crippen molar-refractivity contribution in [1.29, 1.82) is 0 Å². The minimum Gasteiger partial charge on any atom is -0.494 e. The van der Waals surface area contributed by atoms with Crippen LogP contribution in [0.2, 0.25) is 0 Å². The Hall–Kier alpha value is -1.50. The molecule has 0 aliphatic rings. The van der Waals surface area contributed by atoms with Crippen LogP contribution < -0.4 is 10.5 Å². The molecule has 1 atom stereocenters. The number of aliphatic hydroxyl groups excluding tert-OH is 1. The predicted molar refractivity (Wildman–Crippen MR) is 77.9 cm³/mol. The van der Waals surface area contributed by atoms with E-state index in [0.29, 0.717) is 27.2 Å². The fourth-order valence-electron chi connectivity index (χ4n) is 1.78. The lowest BCUT2D eigenvalue weighted by Crippen LogP contribution is -2.13. The normalized spacial score (nSPS) is 12.2. The quantitative estimate of drug-likeness (QED) is 0.897. The van der Waals surface area contributed by atoms with E-state index in [1.807, 2.05) is 0 Å². The average Bonchev–Trinajstić information content (AvgIpc) is 2.48. The molecule has 1 aromatic carbocycles. The number of methoxy groups -OCH3 is 1. The van der Waals surface area contributed by atoms with Gasteiger partial charge in [0.1, 0.15) is 23.4 Å². The third-order valence-corrected chi connectivity index (χ3v) is 3.47. The van der Waals surface area contributed by atoms with Gasteiger partial charge in [-0.25, -0.2) is 9.37 Å². The molecule has 106 valence electrons. The van der Waals surface area contributed by atoms with Crippen molar-refractivity contribution >= 4 is 15.9 Å². The number of benzene rings is 1. The lowest BCUT2D eigenvalue weighted by atomic mass is 10.1. The fraction of sp³-hybridized carbons (Fsp3) is 0.214. The molecule has 0 spiro atoms. The number of nitrogens with zero attached hydrogens (tertiary/aromatic N) is 1. The molecular formula is C14H14BrFN2O2. The number of halogens is 2. The van der Waals surface area contributed by atoms with Crippen LogP contribution in [-0.4, -0.2) is 23.7 Å². The Bertz CT molecular complexity index is 622. The zero-order chi connectivity index (χ0) is 14.7. The Morgan fingerprint density at radius 3 is 2.75 bits per heavy atom. The number of ether oxygens (including phenoxy) is 1. The van der Waals surface area contributed by atoms with Gasteiger partial charge in [-0.3, -0.25) is 0 Å². The largest absolute Gasteiger partial charge is 0.494 e. The van der Waals surface area contributed by atoms with E-state index in [9.17, 15) is 9.50 Å². The van der Waals surface area contributed by atoms with Gasteiger partial charge in [0.25, 0.3) is 0 Å². The molecule has 0 amide bonds. The maximum Gasteiger partial charge on any atom is 0.145 e. The molecule has 1 aromatic heterocycles. The summed E-state index contributed by atoms with van der Waals surface area (Å²) in [7, 11) is 1.53. The van der Waals surface area contributed by atoms with Gasteiger partial charge in [-0.1, -0.05) is 0 Å². The summed E-state index contributed by atoms with van der Waals surface area (Å²) in [6.07, 6.45) is -0.844. The number of aromatic nitrogens is 1. The Labute approximate surface area is 124 Å². The Kier molecular flexibility index (Phi) is 4.69. The molecule has 0 bridgehead atoms. The molecule has 6 heteroatoms. The van der Waals surface area contributed by atoms with Crippen molar-refractivity contribution in [2.75, 3.05) is 13.7 Å². The van der Waals surface area contributed by atoms with E-state index in [-0.39, 0.29) is 12.4 Å². The molecule has 0 aliphatic heterocycles. The van der Waals surface area contributed by atoms with Crippen LogP contribution in [0.1, 0.15) is 11.8 Å². The highest BCUT2D eigenvalue weighted by molar-refractivity contribution is 9.10. The number of pyridine rings is 1. The van der Waals surface area contributed by atoms with Crippen LogP contribution in [0.15, 0.2) is 34.8 Å². The first kappa shape index (κ1) is 14.9. The molecule has 0 radical (unpaired) electrons. The Balaban J connectivity index is 2.54. The van der Waals surface area contributed by atoms with Gasteiger partial charge in [0.05, 0.1) is 17.3 Å². The van der Waals surface area contributed by atoms with Crippen molar-refractivity contribution in [2.24, 2.45) is 5.73 Å². The van der Waals surface area contributed by atoms with Gasteiger partial charge in [0.15, 0.2) is 0 Å². The summed E-state index contributed by atoms with van der Waals surface area (Å²) in [5, 5.41) is 9.77. The van der Waals surface area contributed by atoms with Gasteiger partial charge in [-0.15, -0.1) is 0 Å². The maximum atomic E-state index is 13.3. The second-order valence-corrected chi connectivity index (χ2v) is 5.02. The van der Waals surface area contributed by atoms with Gasteiger partial charge in [0, 0.05) is 12.1 Å². The highest BCUT2D eigenvalue weighted by Crippen LogP contribution is 2.31. The molecule has 1 unspecified atom stereocenters. The fourth-order valence-corrected chi connectivity index (χ4v) is 2.16. The SMILES string of the molecule is COc1ccc(C(O)CN)nc1-c1ccc(F)c(Br)c1. The summed E-state index contributed by atoms with van der Waals surface area (Å²) in [6, 6.07) is 7.90. The summed E-state index contributed by atoms with van der Waals surface area (Å²) in [6.45, 7) is 0.0753. The van der Waals surface area contributed by atoms with E-state index in [1.165, 1.54) is 13.2 Å². The van der Waals surface area contributed by atoms with E-state index < -0.39 is 6.10 Å². The number of aliphatic hydroxyl groups is 1. The van der Waals surface area contributed by atoms with E-state index in [2.05, 4.69) is 20.9 Å². The van der Waals surface area contributed by atoms with Crippen LogP contribution >= 0.6 is 15.9 Å². The smallest absolute Gasteiger partial charge is 0.145 e. The molecule has 0 saturated heterocycles. The summed E-state index contributed by atoms with van der Waals surface area (Å²) >= 11 is 3.14. The summed E-state index contributed by atoms with van der Waals surface area (Å²) in [5.74, 6) is 0.183. The van der Waals surface area contributed by atoms with Crippen LogP contribution in [0.5, 0.6) is 5.75 Å². The molecule has 3 N–H and O–H groups in total. The van der Waals surface area contributed by atoms with Crippen LogP contribution in [0.25, 0.3) is 11.3 Å². The highest BCUT2D eigenvalue weighted by atomic mass is 79.9. The second kappa shape index (κ2) is 6.30. The first-order chi connectivity index (χ1) is 9.56. The number of nitrogens with two attached hydrogens (primary N) is 1. The van der Waals surface area contributed by atoms with Crippen molar-refractivity contribution in [3.63, 3.8) is 0 Å². The van der Waals surface area contributed by atoms with Gasteiger partial charge in [-0.05, 0) is 46.3 Å². The minimum atomic E-state index is -0.844. The van der Waals surface area contributed by atoms with E-state index in [4.69, 9.17) is 10.5 Å². The molecular weight excluding hydrogens is 327 g/mol. The van der Waals surface area contributed by atoms with Gasteiger partial charge in [0.2, 0.25) is 0 Å². The summed E-state index contributed by atoms with van der Waals surface area (Å²) in [5.41, 5.74) is 7.08. The van der Waals surface area contributed by atoms with Crippen molar-refractivity contribution in [2.45, 2.75) is 6.10 Å². The lowest BCUT2D eigenvalue weighted by molar-refractivity contribution is 0.182. The Morgan fingerprint density at radius 2 is 2.15 bits per heavy atom. The van der Waals surface area contributed by atoms with E-state index in [1.54, 1.807) is 24.3 Å². The topological polar surface area (TPSA) is 68.4 Å². The molecule has 2 aromatic rings. The second-order valence-electron chi connectivity index (χ2n) is 4.17. The minimum absolute atomic E-state index is 0.0753. The zero-order valence-corrected chi connectivity index (χ0v) is 12.4. The maximum absolute atomic E-state index is 13.3. The lowest BCUT2D eigenvalue weighted by Gasteiger charge is -2.13. The van der Waals surface area contributed by atoms with Crippen LogP contribution in [0, 0.1) is 5.82 Å². The monoisotopic (exact) mass is 340 g/mol. The van der Waals surface area contributed by atoms with Crippen molar-refractivity contribution < 1.29 is 14.2 Å². The van der Waals surface area contributed by atoms with Gasteiger partial charge in [-0.2, -0.15) is 0 Å².